The molecular weight excluding hydrogens is 285 g/mol. The van der Waals surface area contributed by atoms with Crippen LogP contribution < -0.4 is 5.56 Å². The summed E-state index contributed by atoms with van der Waals surface area (Å²) in [5, 5.41) is 9.81. The Morgan fingerprint density at radius 1 is 1.24 bits per heavy atom. The molecule has 0 radical (unpaired) electrons. The van der Waals surface area contributed by atoms with Crippen LogP contribution in [0.4, 0.5) is 13.2 Å². The van der Waals surface area contributed by atoms with E-state index < -0.39 is 30.5 Å². The van der Waals surface area contributed by atoms with Gasteiger partial charge in [0.15, 0.2) is 0 Å². The fourth-order valence-corrected chi connectivity index (χ4v) is 1.87. The van der Waals surface area contributed by atoms with Crippen LogP contribution in [-0.4, -0.2) is 21.3 Å². The van der Waals surface area contributed by atoms with Gasteiger partial charge in [-0.2, -0.15) is 18.2 Å². The predicted octanol–water partition coefficient (Wildman–Crippen LogP) is 2.95. The Bertz CT molecular complexity index is 691. The first-order valence-corrected chi connectivity index (χ1v) is 6.22. The van der Waals surface area contributed by atoms with Gasteiger partial charge in [0.2, 0.25) is 5.88 Å². The van der Waals surface area contributed by atoms with Crippen molar-refractivity contribution in [3.63, 3.8) is 0 Å². The Hall–Kier alpha value is -2.31. The molecule has 0 spiro atoms. The van der Waals surface area contributed by atoms with E-state index in [9.17, 15) is 23.1 Å². The molecule has 0 saturated heterocycles. The molecule has 1 aromatic carbocycles. The van der Waals surface area contributed by atoms with E-state index in [0.29, 0.717) is 5.56 Å². The fraction of sp³-hybridized carbons (Fsp3) is 0.286. The molecule has 21 heavy (non-hydrogen) atoms. The number of aromatic hydroxyl groups is 1. The Kier molecular flexibility index (Phi) is 4.02. The zero-order valence-electron chi connectivity index (χ0n) is 11.2. The summed E-state index contributed by atoms with van der Waals surface area (Å²) in [6.07, 6.45) is -5.94. The normalized spacial score (nSPS) is 11.6. The number of rotatable bonds is 3. The lowest BCUT2D eigenvalue weighted by Gasteiger charge is -2.08. The summed E-state index contributed by atoms with van der Waals surface area (Å²) in [6, 6.07) is 6.78. The van der Waals surface area contributed by atoms with E-state index in [1.165, 1.54) is 0 Å². The monoisotopic (exact) mass is 298 g/mol. The predicted molar refractivity (Wildman–Crippen MR) is 71.1 cm³/mol. The molecule has 1 aromatic heterocycles. The highest BCUT2D eigenvalue weighted by Crippen LogP contribution is 2.25. The highest BCUT2D eigenvalue weighted by Gasteiger charge is 2.27. The van der Waals surface area contributed by atoms with Gasteiger partial charge in [0.05, 0.1) is 6.42 Å². The van der Waals surface area contributed by atoms with Gasteiger partial charge in [-0.15, -0.1) is 0 Å². The van der Waals surface area contributed by atoms with Gasteiger partial charge in [0, 0.05) is 6.42 Å². The molecule has 1 heterocycles. The Labute approximate surface area is 118 Å². The minimum absolute atomic E-state index is 0.0502. The molecule has 112 valence electrons. The molecule has 0 atom stereocenters. The second kappa shape index (κ2) is 5.59. The first kappa shape index (κ1) is 15.1. The third-order valence-electron chi connectivity index (χ3n) is 2.93. The van der Waals surface area contributed by atoms with Crippen LogP contribution in [0.15, 0.2) is 29.1 Å². The largest absolute Gasteiger partial charge is 0.493 e. The molecule has 0 aliphatic rings. The number of aromatic nitrogens is 2. The smallest absolute Gasteiger partial charge is 0.389 e. The summed E-state index contributed by atoms with van der Waals surface area (Å²) < 4.78 is 36.4. The van der Waals surface area contributed by atoms with Crippen molar-refractivity contribution in [2.24, 2.45) is 0 Å². The number of alkyl halides is 3. The molecule has 0 saturated carbocycles. The number of H-pyrrole nitrogens is 1. The van der Waals surface area contributed by atoms with Crippen LogP contribution in [0.5, 0.6) is 5.88 Å². The summed E-state index contributed by atoms with van der Waals surface area (Å²) >= 11 is 0. The summed E-state index contributed by atoms with van der Waals surface area (Å²) in [6.45, 7) is 1.87. The number of nitrogens with one attached hydrogen (secondary N) is 1. The van der Waals surface area contributed by atoms with Gasteiger partial charge in [0.25, 0.3) is 5.56 Å². The van der Waals surface area contributed by atoms with Crippen LogP contribution in [-0.2, 0) is 6.42 Å². The van der Waals surface area contributed by atoms with Crippen LogP contribution in [0.3, 0.4) is 0 Å². The van der Waals surface area contributed by atoms with Gasteiger partial charge >= 0.3 is 6.18 Å². The molecule has 0 amide bonds. The summed E-state index contributed by atoms with van der Waals surface area (Å²) in [7, 11) is 0. The Morgan fingerprint density at radius 3 is 2.38 bits per heavy atom. The van der Waals surface area contributed by atoms with Crippen LogP contribution in [0.2, 0.25) is 0 Å². The van der Waals surface area contributed by atoms with Crippen LogP contribution in [0.1, 0.15) is 17.8 Å². The van der Waals surface area contributed by atoms with Gasteiger partial charge in [-0.1, -0.05) is 29.8 Å². The molecule has 0 aliphatic heterocycles. The second-order valence-electron chi connectivity index (χ2n) is 4.69. The zero-order valence-corrected chi connectivity index (χ0v) is 11.2. The van der Waals surface area contributed by atoms with Gasteiger partial charge in [-0.05, 0) is 12.5 Å². The SMILES string of the molecule is Cc1ccc(-c2c(O)nc(CCC(F)(F)F)[nH]c2=O)cc1. The van der Waals surface area contributed by atoms with Crippen LogP contribution >= 0.6 is 0 Å². The quantitative estimate of drug-likeness (QED) is 0.915. The van der Waals surface area contributed by atoms with E-state index in [-0.39, 0.29) is 11.4 Å². The number of aromatic amines is 1. The highest BCUT2D eigenvalue weighted by molar-refractivity contribution is 5.67. The topological polar surface area (TPSA) is 66.0 Å². The maximum absolute atomic E-state index is 12.1. The maximum Gasteiger partial charge on any atom is 0.389 e. The summed E-state index contributed by atoms with van der Waals surface area (Å²) in [5.74, 6) is -0.759. The molecule has 0 bridgehead atoms. The molecule has 4 nitrogen and oxygen atoms in total. The lowest BCUT2D eigenvalue weighted by Crippen LogP contribution is -2.16. The minimum atomic E-state index is -4.34. The van der Waals surface area contributed by atoms with Crippen molar-refractivity contribution in [3.8, 4) is 17.0 Å². The fourth-order valence-electron chi connectivity index (χ4n) is 1.87. The highest BCUT2D eigenvalue weighted by atomic mass is 19.4. The molecule has 2 aromatic rings. The van der Waals surface area contributed by atoms with Gasteiger partial charge in [0.1, 0.15) is 11.4 Å². The Balaban J connectivity index is 2.34. The third kappa shape index (κ3) is 3.84. The maximum atomic E-state index is 12.1. The van der Waals surface area contributed by atoms with Crippen molar-refractivity contribution in [2.45, 2.75) is 25.9 Å². The van der Waals surface area contributed by atoms with E-state index in [1.807, 2.05) is 6.92 Å². The van der Waals surface area contributed by atoms with E-state index in [4.69, 9.17) is 0 Å². The molecule has 0 unspecified atom stereocenters. The molecule has 2 N–H and O–H groups in total. The standard InChI is InChI=1S/C14H13F3N2O2/c1-8-2-4-9(5-3-8)11-12(20)18-10(19-13(11)21)6-7-14(15,16)17/h2-5H,6-7H2,1H3,(H2,18,19,20,21). The van der Waals surface area contributed by atoms with Gasteiger partial charge in [-0.25, -0.2) is 0 Å². The van der Waals surface area contributed by atoms with Crippen molar-refractivity contribution < 1.29 is 18.3 Å². The van der Waals surface area contributed by atoms with Crippen molar-refractivity contribution in [1.29, 1.82) is 0 Å². The minimum Gasteiger partial charge on any atom is -0.493 e. The second-order valence-corrected chi connectivity index (χ2v) is 4.69. The first-order chi connectivity index (χ1) is 9.76. The number of halogens is 3. The van der Waals surface area contributed by atoms with Crippen LogP contribution in [0, 0.1) is 6.92 Å². The van der Waals surface area contributed by atoms with Crippen molar-refractivity contribution in [2.75, 3.05) is 0 Å². The van der Waals surface area contributed by atoms with E-state index in [2.05, 4.69) is 9.97 Å². The lowest BCUT2D eigenvalue weighted by atomic mass is 10.1. The van der Waals surface area contributed by atoms with E-state index in [1.54, 1.807) is 24.3 Å². The van der Waals surface area contributed by atoms with Crippen molar-refractivity contribution in [1.82, 2.24) is 9.97 Å². The summed E-state index contributed by atoms with van der Waals surface area (Å²) in [5.41, 5.74) is 0.716. The number of benzene rings is 1. The van der Waals surface area contributed by atoms with Crippen molar-refractivity contribution >= 4 is 0 Å². The number of hydrogen-bond acceptors (Lipinski definition) is 3. The molecular formula is C14H13F3N2O2. The average molecular weight is 298 g/mol. The molecule has 0 aliphatic carbocycles. The number of aryl methyl sites for hydroxylation is 2. The van der Waals surface area contributed by atoms with E-state index in [0.717, 1.165) is 5.56 Å². The molecule has 7 heteroatoms. The first-order valence-electron chi connectivity index (χ1n) is 6.22. The zero-order chi connectivity index (χ0) is 15.6. The average Bonchev–Trinajstić information content (AvgIpc) is 2.37. The summed E-state index contributed by atoms with van der Waals surface area (Å²) in [4.78, 5) is 17.8. The van der Waals surface area contributed by atoms with Gasteiger partial charge < -0.3 is 10.1 Å². The molecule has 2 rings (SSSR count). The van der Waals surface area contributed by atoms with E-state index >= 15 is 0 Å². The lowest BCUT2D eigenvalue weighted by molar-refractivity contribution is -0.134. The number of hydrogen-bond donors (Lipinski definition) is 2. The Morgan fingerprint density at radius 2 is 1.86 bits per heavy atom. The molecule has 0 fully saturated rings. The third-order valence-corrected chi connectivity index (χ3v) is 2.93. The van der Waals surface area contributed by atoms with Crippen LogP contribution in [0.25, 0.3) is 11.1 Å². The van der Waals surface area contributed by atoms with Gasteiger partial charge in [-0.3, -0.25) is 4.79 Å². The number of nitrogens with zero attached hydrogens (tertiary/aromatic N) is 1. The van der Waals surface area contributed by atoms with Crippen molar-refractivity contribution in [3.05, 3.63) is 46.0 Å².